The summed E-state index contributed by atoms with van der Waals surface area (Å²) in [6, 6.07) is -1.09. The number of nitrogens with zero attached hydrogens (tertiary/aromatic N) is 1. The van der Waals surface area contributed by atoms with Crippen LogP contribution in [0.1, 0.15) is 13.3 Å². The number of nitrogens with one attached hydrogen (secondary N) is 1. The minimum absolute atomic E-state index is 0.105. The summed E-state index contributed by atoms with van der Waals surface area (Å²) in [7, 11) is 1.49. The van der Waals surface area contributed by atoms with Gasteiger partial charge in [-0.3, -0.25) is 9.59 Å². The second kappa shape index (κ2) is 5.81. The van der Waals surface area contributed by atoms with Gasteiger partial charge in [-0.25, -0.2) is 0 Å². The molecule has 6 heteroatoms. The first kappa shape index (κ1) is 12.9. The Morgan fingerprint density at radius 1 is 1.75 bits per heavy atom. The number of methoxy groups -OCH3 is 1. The molecule has 92 valence electrons. The first-order chi connectivity index (χ1) is 7.61. The van der Waals surface area contributed by atoms with Crippen molar-refractivity contribution >= 4 is 11.8 Å². The maximum absolute atomic E-state index is 11.9. The van der Waals surface area contributed by atoms with Crippen LogP contribution in [0.25, 0.3) is 0 Å². The van der Waals surface area contributed by atoms with Crippen LogP contribution in [0.2, 0.25) is 0 Å². The van der Waals surface area contributed by atoms with Gasteiger partial charge in [-0.05, 0) is 6.42 Å². The number of amides is 2. The molecule has 2 atom stereocenters. The van der Waals surface area contributed by atoms with Crippen molar-refractivity contribution in [3.05, 3.63) is 0 Å². The standard InChI is InChI=1S/C10H19N3O3/c1-3-8-9(14)12-4-5-13(8)10(15)7(11)6-16-2/h7-8H,3-6,11H2,1-2H3,(H,12,14). The first-order valence-electron chi connectivity index (χ1n) is 5.44. The van der Waals surface area contributed by atoms with Crippen LogP contribution in [0.4, 0.5) is 0 Å². The Hall–Kier alpha value is -1.14. The second-order valence-electron chi connectivity index (χ2n) is 3.81. The number of rotatable bonds is 4. The van der Waals surface area contributed by atoms with E-state index in [4.69, 9.17) is 10.5 Å². The Morgan fingerprint density at radius 2 is 2.44 bits per heavy atom. The highest BCUT2D eigenvalue weighted by molar-refractivity contribution is 5.90. The van der Waals surface area contributed by atoms with Gasteiger partial charge in [0.1, 0.15) is 12.1 Å². The Bertz CT molecular complexity index is 270. The molecule has 0 aromatic heterocycles. The predicted octanol–water partition coefficient (Wildman–Crippen LogP) is -1.30. The first-order valence-corrected chi connectivity index (χ1v) is 5.44. The highest BCUT2D eigenvalue weighted by Crippen LogP contribution is 2.09. The molecule has 2 amide bonds. The van der Waals surface area contributed by atoms with Gasteiger partial charge in [-0.1, -0.05) is 6.92 Å². The summed E-state index contributed by atoms with van der Waals surface area (Å²) < 4.78 is 4.84. The van der Waals surface area contributed by atoms with E-state index in [1.54, 1.807) is 4.90 Å². The molecule has 1 heterocycles. The van der Waals surface area contributed by atoms with Crippen LogP contribution in [-0.4, -0.2) is 55.6 Å². The summed E-state index contributed by atoms with van der Waals surface area (Å²) in [5.74, 6) is -0.324. The maximum Gasteiger partial charge on any atom is 0.242 e. The minimum Gasteiger partial charge on any atom is -0.383 e. The lowest BCUT2D eigenvalue weighted by Gasteiger charge is -2.35. The molecule has 1 fully saturated rings. The molecule has 0 aromatic carbocycles. The third kappa shape index (κ3) is 2.70. The van der Waals surface area contributed by atoms with Crippen LogP contribution in [0.5, 0.6) is 0 Å². The summed E-state index contributed by atoms with van der Waals surface area (Å²) in [6.45, 7) is 3.05. The van der Waals surface area contributed by atoms with Crippen molar-refractivity contribution in [1.29, 1.82) is 0 Å². The SMILES string of the molecule is CCC1C(=O)NCCN1C(=O)C(N)COC. The molecule has 0 bridgehead atoms. The molecule has 1 aliphatic heterocycles. The van der Waals surface area contributed by atoms with Gasteiger partial charge in [-0.15, -0.1) is 0 Å². The van der Waals surface area contributed by atoms with E-state index in [2.05, 4.69) is 5.32 Å². The van der Waals surface area contributed by atoms with Gasteiger partial charge < -0.3 is 20.7 Å². The minimum atomic E-state index is -0.690. The molecule has 3 N–H and O–H groups in total. The van der Waals surface area contributed by atoms with Crippen LogP contribution in [0, 0.1) is 0 Å². The lowest BCUT2D eigenvalue weighted by atomic mass is 10.1. The van der Waals surface area contributed by atoms with Crippen LogP contribution in [-0.2, 0) is 14.3 Å². The molecule has 2 unspecified atom stereocenters. The molecule has 1 saturated heterocycles. The van der Waals surface area contributed by atoms with E-state index in [0.717, 1.165) is 0 Å². The zero-order chi connectivity index (χ0) is 12.1. The van der Waals surface area contributed by atoms with Crippen LogP contribution < -0.4 is 11.1 Å². The largest absolute Gasteiger partial charge is 0.383 e. The highest BCUT2D eigenvalue weighted by Gasteiger charge is 2.33. The van der Waals surface area contributed by atoms with E-state index in [1.807, 2.05) is 6.92 Å². The third-order valence-electron chi connectivity index (χ3n) is 2.66. The quantitative estimate of drug-likeness (QED) is 0.627. The average molecular weight is 229 g/mol. The zero-order valence-corrected chi connectivity index (χ0v) is 9.73. The second-order valence-corrected chi connectivity index (χ2v) is 3.81. The number of hydrogen-bond donors (Lipinski definition) is 2. The number of ether oxygens (including phenoxy) is 1. The normalized spacial score (nSPS) is 22.8. The summed E-state index contributed by atoms with van der Waals surface area (Å²) in [5.41, 5.74) is 5.67. The van der Waals surface area contributed by atoms with Crippen LogP contribution in [0.15, 0.2) is 0 Å². The highest BCUT2D eigenvalue weighted by atomic mass is 16.5. The molecule has 0 spiro atoms. The Kier molecular flexibility index (Phi) is 4.70. The van der Waals surface area contributed by atoms with Crippen molar-refractivity contribution in [2.24, 2.45) is 5.73 Å². The molecule has 16 heavy (non-hydrogen) atoms. The van der Waals surface area contributed by atoms with Gasteiger partial charge in [0.15, 0.2) is 0 Å². The van der Waals surface area contributed by atoms with Crippen molar-refractivity contribution in [1.82, 2.24) is 10.2 Å². The number of carbonyl (C=O) groups excluding carboxylic acids is 2. The molecular formula is C10H19N3O3. The van der Waals surface area contributed by atoms with E-state index >= 15 is 0 Å². The van der Waals surface area contributed by atoms with Crippen molar-refractivity contribution in [3.63, 3.8) is 0 Å². The van der Waals surface area contributed by atoms with Gasteiger partial charge in [0.05, 0.1) is 6.61 Å². The van der Waals surface area contributed by atoms with Gasteiger partial charge in [0.25, 0.3) is 0 Å². The summed E-state index contributed by atoms with van der Waals surface area (Å²) in [6.07, 6.45) is 0.595. The van der Waals surface area contributed by atoms with Crippen molar-refractivity contribution in [2.75, 3.05) is 26.8 Å². The fraction of sp³-hybridized carbons (Fsp3) is 0.800. The predicted molar refractivity (Wildman–Crippen MR) is 58.7 cm³/mol. The third-order valence-corrected chi connectivity index (χ3v) is 2.66. The van der Waals surface area contributed by atoms with E-state index in [1.165, 1.54) is 7.11 Å². The number of carbonyl (C=O) groups is 2. The van der Waals surface area contributed by atoms with Gasteiger partial charge in [-0.2, -0.15) is 0 Å². The van der Waals surface area contributed by atoms with Crippen molar-refractivity contribution in [3.8, 4) is 0 Å². The maximum atomic E-state index is 11.9. The Labute approximate surface area is 95.1 Å². The lowest BCUT2D eigenvalue weighted by Crippen LogP contribution is -2.60. The average Bonchev–Trinajstić information content (AvgIpc) is 2.28. The Morgan fingerprint density at radius 3 is 3.00 bits per heavy atom. The molecule has 6 nitrogen and oxygen atoms in total. The molecule has 0 saturated carbocycles. The Balaban J connectivity index is 2.68. The zero-order valence-electron chi connectivity index (χ0n) is 9.73. The number of piperazine rings is 1. The van der Waals surface area contributed by atoms with Crippen LogP contribution >= 0.6 is 0 Å². The van der Waals surface area contributed by atoms with Gasteiger partial charge in [0.2, 0.25) is 11.8 Å². The van der Waals surface area contributed by atoms with Gasteiger partial charge >= 0.3 is 0 Å². The fourth-order valence-electron chi connectivity index (χ4n) is 1.85. The molecular weight excluding hydrogens is 210 g/mol. The number of hydrogen-bond acceptors (Lipinski definition) is 4. The van der Waals surface area contributed by atoms with E-state index in [-0.39, 0.29) is 18.4 Å². The monoisotopic (exact) mass is 229 g/mol. The molecule has 0 radical (unpaired) electrons. The summed E-state index contributed by atoms with van der Waals surface area (Å²) >= 11 is 0. The van der Waals surface area contributed by atoms with E-state index in [0.29, 0.717) is 19.5 Å². The topological polar surface area (TPSA) is 84.7 Å². The van der Waals surface area contributed by atoms with E-state index in [9.17, 15) is 9.59 Å². The van der Waals surface area contributed by atoms with Crippen LogP contribution in [0.3, 0.4) is 0 Å². The smallest absolute Gasteiger partial charge is 0.242 e. The molecule has 1 rings (SSSR count). The molecule has 0 aromatic rings. The van der Waals surface area contributed by atoms with Crippen molar-refractivity contribution < 1.29 is 14.3 Å². The van der Waals surface area contributed by atoms with Crippen molar-refractivity contribution in [2.45, 2.75) is 25.4 Å². The number of nitrogens with two attached hydrogens (primary N) is 1. The van der Waals surface area contributed by atoms with Gasteiger partial charge in [0, 0.05) is 20.2 Å². The van der Waals surface area contributed by atoms with E-state index < -0.39 is 12.1 Å². The molecule has 1 aliphatic rings. The summed E-state index contributed by atoms with van der Waals surface area (Å²) in [4.78, 5) is 25.0. The lowest BCUT2D eigenvalue weighted by molar-refractivity contribution is -0.145. The summed E-state index contributed by atoms with van der Waals surface area (Å²) in [5, 5.41) is 2.73. The molecule has 0 aliphatic carbocycles. The fourth-order valence-corrected chi connectivity index (χ4v) is 1.85.